The van der Waals surface area contributed by atoms with Crippen molar-refractivity contribution in [1.29, 1.82) is 0 Å². The molecule has 16 heavy (non-hydrogen) atoms. The van der Waals surface area contributed by atoms with E-state index in [1.807, 2.05) is 29.8 Å². The number of Topliss-reactive ketones (excluding diaryl/α,β-unsaturated/α-hetero) is 1. The third-order valence-electron chi connectivity index (χ3n) is 2.02. The van der Waals surface area contributed by atoms with E-state index in [-0.39, 0.29) is 18.8 Å². The number of ether oxygens (including phenoxy) is 1. The Hall–Kier alpha value is -1.42. The summed E-state index contributed by atoms with van der Waals surface area (Å²) in [5.74, 6) is -0.648. The largest absolute Gasteiger partial charge is 0.460 e. The van der Waals surface area contributed by atoms with Gasteiger partial charge >= 0.3 is 5.97 Å². The van der Waals surface area contributed by atoms with Crippen molar-refractivity contribution in [2.24, 2.45) is 0 Å². The highest BCUT2D eigenvalue weighted by Gasteiger charge is 2.08. The molecule has 0 bridgehead atoms. The Morgan fingerprint density at radius 3 is 2.75 bits per heavy atom. The quantitative estimate of drug-likeness (QED) is 0.585. The van der Waals surface area contributed by atoms with Gasteiger partial charge in [-0.05, 0) is 41.8 Å². The number of esters is 1. The third-order valence-corrected chi connectivity index (χ3v) is 2.71. The van der Waals surface area contributed by atoms with E-state index in [2.05, 4.69) is 0 Å². The van der Waals surface area contributed by atoms with E-state index in [0.29, 0.717) is 0 Å². The Bertz CT molecular complexity index is 390. The van der Waals surface area contributed by atoms with Crippen molar-refractivity contribution in [3.05, 3.63) is 28.5 Å². The summed E-state index contributed by atoms with van der Waals surface area (Å²) in [4.78, 5) is 21.9. The minimum absolute atomic E-state index is 0.152. The Morgan fingerprint density at radius 2 is 2.25 bits per heavy atom. The van der Waals surface area contributed by atoms with Crippen molar-refractivity contribution in [3.63, 3.8) is 0 Å². The molecule has 0 aromatic carbocycles. The van der Waals surface area contributed by atoms with E-state index in [4.69, 9.17) is 4.74 Å². The molecule has 0 fully saturated rings. The molecule has 1 heterocycles. The molecule has 0 aliphatic rings. The summed E-state index contributed by atoms with van der Waals surface area (Å²) in [6, 6.07) is 1.97. The molecule has 4 heteroatoms. The first-order valence-electron chi connectivity index (χ1n) is 4.96. The molecule has 0 N–H and O–H groups in total. The van der Waals surface area contributed by atoms with Crippen molar-refractivity contribution in [3.8, 4) is 0 Å². The molecular weight excluding hydrogens is 224 g/mol. The van der Waals surface area contributed by atoms with Crippen molar-refractivity contribution in [1.82, 2.24) is 0 Å². The standard InChI is InChI=1S/C12H14O3S/c1-3-10(11-4-5-16-8-11)7-15-12(14)6-9(2)13/h3-5,8H,6-7H2,1-2H3. The predicted octanol–water partition coefficient (Wildman–Crippen LogP) is 2.67. The van der Waals surface area contributed by atoms with Gasteiger partial charge in [0.25, 0.3) is 0 Å². The molecule has 86 valence electrons. The number of thiophene rings is 1. The van der Waals surface area contributed by atoms with Crippen LogP contribution < -0.4 is 0 Å². The monoisotopic (exact) mass is 238 g/mol. The zero-order chi connectivity index (χ0) is 12.0. The minimum Gasteiger partial charge on any atom is -0.460 e. The van der Waals surface area contributed by atoms with Gasteiger partial charge in [0.2, 0.25) is 0 Å². The van der Waals surface area contributed by atoms with Gasteiger partial charge in [0, 0.05) is 0 Å². The lowest BCUT2D eigenvalue weighted by Gasteiger charge is -2.06. The predicted molar refractivity (Wildman–Crippen MR) is 64.2 cm³/mol. The molecular formula is C12H14O3S. The maximum Gasteiger partial charge on any atom is 0.313 e. The number of rotatable bonds is 5. The molecule has 0 saturated heterocycles. The second kappa shape index (κ2) is 6.23. The topological polar surface area (TPSA) is 43.4 Å². The fourth-order valence-corrected chi connectivity index (χ4v) is 1.87. The Kier molecular flexibility index (Phi) is 4.92. The average molecular weight is 238 g/mol. The third kappa shape index (κ3) is 3.98. The van der Waals surface area contributed by atoms with E-state index < -0.39 is 5.97 Å². The molecule has 0 radical (unpaired) electrons. The first-order valence-corrected chi connectivity index (χ1v) is 5.90. The molecule has 0 atom stereocenters. The highest BCUT2D eigenvalue weighted by molar-refractivity contribution is 7.08. The fraction of sp³-hybridized carbons (Fsp3) is 0.333. The van der Waals surface area contributed by atoms with Crippen LogP contribution in [0, 0.1) is 0 Å². The van der Waals surface area contributed by atoms with E-state index >= 15 is 0 Å². The summed E-state index contributed by atoms with van der Waals surface area (Å²) in [6.07, 6.45) is 1.75. The van der Waals surface area contributed by atoms with E-state index in [9.17, 15) is 9.59 Å². The molecule has 1 rings (SSSR count). The van der Waals surface area contributed by atoms with Gasteiger partial charge in [0.05, 0.1) is 0 Å². The highest BCUT2D eigenvalue weighted by Crippen LogP contribution is 2.17. The van der Waals surface area contributed by atoms with Crippen LogP contribution in [0.2, 0.25) is 0 Å². The SMILES string of the molecule is CC=C(COC(=O)CC(C)=O)c1ccsc1. The van der Waals surface area contributed by atoms with Crippen molar-refractivity contribution in [2.45, 2.75) is 20.3 Å². The Morgan fingerprint density at radius 1 is 1.50 bits per heavy atom. The normalized spacial score (nSPS) is 11.2. The van der Waals surface area contributed by atoms with Crippen LogP contribution >= 0.6 is 11.3 Å². The molecule has 1 aromatic heterocycles. The lowest BCUT2D eigenvalue weighted by Crippen LogP contribution is -2.10. The molecule has 0 unspecified atom stereocenters. The molecule has 1 aromatic rings. The van der Waals surface area contributed by atoms with Crippen molar-refractivity contribution >= 4 is 28.7 Å². The van der Waals surface area contributed by atoms with Gasteiger partial charge in [-0.25, -0.2) is 0 Å². The summed E-state index contributed by atoms with van der Waals surface area (Å²) in [6.45, 7) is 3.49. The van der Waals surface area contributed by atoms with Gasteiger partial charge < -0.3 is 4.74 Å². The lowest BCUT2D eigenvalue weighted by atomic mass is 10.1. The first kappa shape index (κ1) is 12.6. The highest BCUT2D eigenvalue weighted by atomic mass is 32.1. The minimum atomic E-state index is -0.470. The molecule has 3 nitrogen and oxygen atoms in total. The van der Waals surface area contributed by atoms with Gasteiger partial charge in [-0.3, -0.25) is 9.59 Å². The summed E-state index contributed by atoms with van der Waals surface area (Å²) in [5.41, 5.74) is 2.02. The number of ketones is 1. The molecule has 0 spiro atoms. The van der Waals surface area contributed by atoms with E-state index in [0.717, 1.165) is 11.1 Å². The van der Waals surface area contributed by atoms with Gasteiger partial charge in [-0.2, -0.15) is 11.3 Å². The molecule has 0 amide bonds. The lowest BCUT2D eigenvalue weighted by molar-refractivity contribution is -0.144. The van der Waals surface area contributed by atoms with Gasteiger partial charge in [0.1, 0.15) is 18.8 Å². The number of carbonyl (C=O) groups excluding carboxylic acids is 2. The number of carbonyl (C=O) groups is 2. The van der Waals surface area contributed by atoms with Crippen LogP contribution in [0.5, 0.6) is 0 Å². The number of hydrogen-bond acceptors (Lipinski definition) is 4. The number of allylic oxidation sites excluding steroid dienone is 1. The van der Waals surface area contributed by atoms with Gasteiger partial charge in [0.15, 0.2) is 0 Å². The summed E-state index contributed by atoms with van der Waals surface area (Å²) in [5, 5.41) is 3.96. The van der Waals surface area contributed by atoms with Gasteiger partial charge in [-0.15, -0.1) is 0 Å². The Balaban J connectivity index is 2.48. The fourth-order valence-electron chi connectivity index (χ4n) is 1.19. The second-order valence-corrected chi connectivity index (χ2v) is 4.15. The second-order valence-electron chi connectivity index (χ2n) is 3.37. The Labute approximate surface area is 98.7 Å². The zero-order valence-electron chi connectivity index (χ0n) is 9.36. The van der Waals surface area contributed by atoms with E-state index in [1.165, 1.54) is 6.92 Å². The summed E-state index contributed by atoms with van der Waals surface area (Å²) in [7, 11) is 0. The molecule has 0 aliphatic heterocycles. The van der Waals surface area contributed by atoms with Crippen LogP contribution in [-0.4, -0.2) is 18.4 Å². The molecule has 0 aliphatic carbocycles. The van der Waals surface area contributed by atoms with Crippen LogP contribution in [-0.2, 0) is 14.3 Å². The van der Waals surface area contributed by atoms with Crippen LogP contribution in [0.4, 0.5) is 0 Å². The van der Waals surface area contributed by atoms with Crippen LogP contribution in [0.1, 0.15) is 25.8 Å². The van der Waals surface area contributed by atoms with Crippen molar-refractivity contribution in [2.75, 3.05) is 6.61 Å². The maximum absolute atomic E-state index is 11.2. The zero-order valence-corrected chi connectivity index (χ0v) is 10.2. The average Bonchev–Trinajstić information content (AvgIpc) is 2.71. The summed E-state index contributed by atoms with van der Waals surface area (Å²) < 4.78 is 5.01. The summed E-state index contributed by atoms with van der Waals surface area (Å²) >= 11 is 1.59. The van der Waals surface area contributed by atoms with Crippen LogP contribution in [0.3, 0.4) is 0 Å². The smallest absolute Gasteiger partial charge is 0.313 e. The van der Waals surface area contributed by atoms with Gasteiger partial charge in [-0.1, -0.05) is 6.08 Å². The number of hydrogen-bond donors (Lipinski definition) is 0. The van der Waals surface area contributed by atoms with E-state index in [1.54, 1.807) is 11.3 Å². The van der Waals surface area contributed by atoms with Crippen LogP contribution in [0.25, 0.3) is 5.57 Å². The van der Waals surface area contributed by atoms with Crippen LogP contribution in [0.15, 0.2) is 22.9 Å². The first-order chi connectivity index (χ1) is 7.63. The maximum atomic E-state index is 11.2. The van der Waals surface area contributed by atoms with Crippen molar-refractivity contribution < 1.29 is 14.3 Å². The molecule has 0 saturated carbocycles.